The molecule has 0 aliphatic heterocycles. The second kappa shape index (κ2) is 9.76. The first-order chi connectivity index (χ1) is 11.8. The topological polar surface area (TPSA) is 125 Å². The maximum absolute atomic E-state index is 11.8. The molecule has 1 aromatic rings. The molecule has 2 N–H and O–H groups in total. The second-order valence-corrected chi connectivity index (χ2v) is 7.23. The number of hydrogen-bond acceptors (Lipinski definition) is 6. The summed E-state index contributed by atoms with van der Waals surface area (Å²) in [4.78, 5) is 23.5. The van der Waals surface area contributed by atoms with E-state index in [-0.39, 0.29) is 5.75 Å². The lowest BCUT2D eigenvalue weighted by Crippen LogP contribution is -2.41. The van der Waals surface area contributed by atoms with Crippen LogP contribution >= 0.6 is 0 Å². The molecule has 0 unspecified atom stereocenters. The van der Waals surface area contributed by atoms with Gasteiger partial charge in [0.25, 0.3) is 5.91 Å². The predicted molar refractivity (Wildman–Crippen MR) is 92.0 cm³/mol. The molecule has 25 heavy (non-hydrogen) atoms. The molecular formula is C16H21N3O5S. The first-order valence-corrected chi connectivity index (χ1v) is 9.39. The fourth-order valence-corrected chi connectivity index (χ4v) is 3.26. The molecular weight excluding hydrogens is 346 g/mol. The van der Waals surface area contributed by atoms with Crippen LogP contribution in [0.1, 0.15) is 32.3 Å². The Morgan fingerprint density at radius 1 is 1.36 bits per heavy atom. The number of carbonyl (C=O) groups is 2. The van der Waals surface area contributed by atoms with Gasteiger partial charge in [-0.25, -0.2) is 13.1 Å². The zero-order valence-corrected chi connectivity index (χ0v) is 14.9. The minimum Gasteiger partial charge on any atom is -0.454 e. The highest BCUT2D eigenvalue weighted by Crippen LogP contribution is 2.09. The maximum atomic E-state index is 11.8. The van der Waals surface area contributed by atoms with E-state index in [4.69, 9.17) is 10.00 Å². The fraction of sp³-hybridized carbons (Fsp3) is 0.438. The van der Waals surface area contributed by atoms with Gasteiger partial charge in [0.2, 0.25) is 10.0 Å². The molecule has 9 heteroatoms. The molecule has 0 spiro atoms. The summed E-state index contributed by atoms with van der Waals surface area (Å²) >= 11 is 0. The van der Waals surface area contributed by atoms with Crippen molar-refractivity contribution in [2.45, 2.75) is 32.7 Å². The third kappa shape index (κ3) is 7.78. The summed E-state index contributed by atoms with van der Waals surface area (Å²) in [7, 11) is -3.56. The van der Waals surface area contributed by atoms with Crippen molar-refractivity contribution < 1.29 is 22.7 Å². The number of benzene rings is 1. The first kappa shape index (κ1) is 20.6. The minimum atomic E-state index is -3.56. The minimum absolute atomic E-state index is 0.0726. The summed E-state index contributed by atoms with van der Waals surface area (Å²) in [6, 6.07) is 7.11. The van der Waals surface area contributed by atoms with Crippen LogP contribution in [0.15, 0.2) is 24.3 Å². The zero-order valence-electron chi connectivity index (χ0n) is 14.1. The van der Waals surface area contributed by atoms with Gasteiger partial charge in [0.05, 0.1) is 17.4 Å². The van der Waals surface area contributed by atoms with Crippen LogP contribution in [0.4, 0.5) is 5.69 Å². The van der Waals surface area contributed by atoms with Crippen LogP contribution in [-0.4, -0.2) is 38.7 Å². The van der Waals surface area contributed by atoms with E-state index in [2.05, 4.69) is 10.0 Å². The highest BCUT2D eigenvalue weighted by Gasteiger charge is 2.21. The molecule has 0 aromatic heterocycles. The van der Waals surface area contributed by atoms with Crippen LogP contribution in [0.3, 0.4) is 0 Å². The van der Waals surface area contributed by atoms with E-state index >= 15 is 0 Å². The lowest BCUT2D eigenvalue weighted by atomic mass is 10.2. The molecule has 8 nitrogen and oxygen atoms in total. The van der Waals surface area contributed by atoms with E-state index in [1.165, 1.54) is 13.0 Å². The van der Waals surface area contributed by atoms with Crippen molar-refractivity contribution in [3.05, 3.63) is 29.8 Å². The first-order valence-electron chi connectivity index (χ1n) is 7.74. The number of ether oxygens (including phenoxy) is 1. The molecule has 0 saturated heterocycles. The molecule has 0 radical (unpaired) electrons. The van der Waals surface area contributed by atoms with Crippen LogP contribution in [0.25, 0.3) is 0 Å². The van der Waals surface area contributed by atoms with Crippen LogP contribution in [0, 0.1) is 11.3 Å². The normalized spacial score (nSPS) is 12.0. The molecule has 0 aliphatic carbocycles. The van der Waals surface area contributed by atoms with Crippen LogP contribution in [-0.2, 0) is 24.3 Å². The Kier molecular flexibility index (Phi) is 8.04. The average molecular weight is 367 g/mol. The van der Waals surface area contributed by atoms with Crippen LogP contribution < -0.4 is 10.0 Å². The number of amides is 1. The Morgan fingerprint density at radius 3 is 2.72 bits per heavy atom. The molecule has 0 heterocycles. The molecule has 1 rings (SSSR count). The van der Waals surface area contributed by atoms with Gasteiger partial charge in [-0.2, -0.15) is 5.26 Å². The quantitative estimate of drug-likeness (QED) is 0.631. The Balaban J connectivity index is 2.47. The Morgan fingerprint density at radius 2 is 2.08 bits per heavy atom. The average Bonchev–Trinajstić information content (AvgIpc) is 2.57. The van der Waals surface area contributed by atoms with Gasteiger partial charge in [-0.1, -0.05) is 19.4 Å². The molecule has 1 amide bonds. The molecule has 0 fully saturated rings. The SMILES string of the molecule is CCCCS(=O)(=O)N[C@@H](C)C(=O)OCC(=O)Nc1cccc(C#N)c1. The lowest BCUT2D eigenvalue weighted by molar-refractivity contribution is -0.148. The number of unbranched alkanes of at least 4 members (excludes halogenated alkanes) is 1. The van der Waals surface area contributed by atoms with Gasteiger partial charge in [0, 0.05) is 5.69 Å². The number of hydrogen-bond donors (Lipinski definition) is 2. The number of rotatable bonds is 9. The van der Waals surface area contributed by atoms with Gasteiger partial charge < -0.3 is 10.1 Å². The summed E-state index contributed by atoms with van der Waals surface area (Å²) in [5.74, 6) is -1.51. The number of esters is 1. The number of nitriles is 1. The van der Waals surface area contributed by atoms with Crippen molar-refractivity contribution in [1.29, 1.82) is 5.26 Å². The predicted octanol–water partition coefficient (Wildman–Crippen LogP) is 1.15. The van der Waals surface area contributed by atoms with Crippen molar-refractivity contribution >= 4 is 27.6 Å². The third-order valence-corrected chi connectivity index (χ3v) is 4.64. The van der Waals surface area contributed by atoms with E-state index in [1.807, 2.05) is 13.0 Å². The number of nitrogens with zero attached hydrogens (tertiary/aromatic N) is 1. The zero-order chi connectivity index (χ0) is 18.9. The van der Waals surface area contributed by atoms with Gasteiger partial charge in [-0.05, 0) is 31.5 Å². The van der Waals surface area contributed by atoms with Crippen molar-refractivity contribution in [2.75, 3.05) is 17.7 Å². The van der Waals surface area contributed by atoms with Crippen molar-refractivity contribution in [1.82, 2.24) is 4.72 Å². The van der Waals surface area contributed by atoms with E-state index in [1.54, 1.807) is 18.2 Å². The molecule has 1 atom stereocenters. The largest absolute Gasteiger partial charge is 0.454 e. The number of anilines is 1. The van der Waals surface area contributed by atoms with Gasteiger partial charge in [-0.3, -0.25) is 9.59 Å². The Bertz CT molecular complexity index is 755. The van der Waals surface area contributed by atoms with Gasteiger partial charge in [0.15, 0.2) is 6.61 Å². The molecule has 0 aliphatic rings. The van der Waals surface area contributed by atoms with Gasteiger partial charge >= 0.3 is 5.97 Å². The van der Waals surface area contributed by atoms with E-state index in [9.17, 15) is 18.0 Å². The molecule has 136 valence electrons. The standard InChI is InChI=1S/C16H21N3O5S/c1-3-4-8-25(22,23)19-12(2)16(21)24-11-15(20)18-14-7-5-6-13(9-14)10-17/h5-7,9,12,19H,3-4,8,11H2,1-2H3,(H,18,20)/t12-/m0/s1. The van der Waals surface area contributed by atoms with Gasteiger partial charge in [0.1, 0.15) is 6.04 Å². The third-order valence-electron chi connectivity index (χ3n) is 3.10. The highest BCUT2D eigenvalue weighted by molar-refractivity contribution is 7.89. The second-order valence-electron chi connectivity index (χ2n) is 5.36. The van der Waals surface area contributed by atoms with Crippen molar-refractivity contribution in [2.24, 2.45) is 0 Å². The molecule has 0 saturated carbocycles. The fourth-order valence-electron chi connectivity index (χ4n) is 1.84. The summed E-state index contributed by atoms with van der Waals surface area (Å²) in [6.07, 6.45) is 1.20. The van der Waals surface area contributed by atoms with E-state index < -0.39 is 34.5 Å². The monoisotopic (exact) mass is 367 g/mol. The summed E-state index contributed by atoms with van der Waals surface area (Å²) < 4.78 is 30.5. The Hall–Kier alpha value is -2.44. The van der Waals surface area contributed by atoms with Crippen LogP contribution in [0.2, 0.25) is 0 Å². The van der Waals surface area contributed by atoms with E-state index in [0.29, 0.717) is 24.1 Å². The maximum Gasteiger partial charge on any atom is 0.324 e. The van der Waals surface area contributed by atoms with E-state index in [0.717, 1.165) is 0 Å². The van der Waals surface area contributed by atoms with Crippen molar-refractivity contribution in [3.8, 4) is 6.07 Å². The summed E-state index contributed by atoms with van der Waals surface area (Å²) in [5.41, 5.74) is 0.776. The smallest absolute Gasteiger partial charge is 0.324 e. The Labute approximate surface area is 147 Å². The van der Waals surface area contributed by atoms with Gasteiger partial charge in [-0.15, -0.1) is 0 Å². The van der Waals surface area contributed by atoms with Crippen LogP contribution in [0.5, 0.6) is 0 Å². The lowest BCUT2D eigenvalue weighted by Gasteiger charge is -2.13. The van der Waals surface area contributed by atoms with Crippen molar-refractivity contribution in [3.63, 3.8) is 0 Å². The number of nitrogens with one attached hydrogen (secondary N) is 2. The highest BCUT2D eigenvalue weighted by atomic mass is 32.2. The summed E-state index contributed by atoms with van der Waals surface area (Å²) in [5, 5.41) is 11.3. The molecule has 1 aromatic carbocycles. The number of sulfonamides is 1. The molecule has 0 bridgehead atoms. The number of carbonyl (C=O) groups excluding carboxylic acids is 2. The summed E-state index contributed by atoms with van der Waals surface area (Å²) in [6.45, 7) is 2.65.